The number of thioether (sulfide) groups is 1. The zero-order chi connectivity index (χ0) is 14.5. The Labute approximate surface area is 120 Å². The van der Waals surface area contributed by atoms with Gasteiger partial charge in [-0.15, -0.1) is 0 Å². The first-order valence-electron chi connectivity index (χ1n) is 5.84. The van der Waals surface area contributed by atoms with E-state index in [9.17, 15) is 4.79 Å². The average Bonchev–Trinajstić information content (AvgIpc) is 2.46. The molecule has 1 aromatic carbocycles. The van der Waals surface area contributed by atoms with Crippen LogP contribution in [0, 0.1) is 11.3 Å². The van der Waals surface area contributed by atoms with Crippen LogP contribution in [-0.4, -0.2) is 5.91 Å². The number of aromatic nitrogens is 1. The van der Waals surface area contributed by atoms with E-state index in [-0.39, 0.29) is 16.9 Å². The Morgan fingerprint density at radius 3 is 2.65 bits per heavy atom. The molecule has 0 bridgehead atoms. The van der Waals surface area contributed by atoms with Crippen molar-refractivity contribution in [2.75, 3.05) is 5.73 Å². The molecule has 0 radical (unpaired) electrons. The highest BCUT2D eigenvalue weighted by molar-refractivity contribution is 7.98. The Hall–Kier alpha value is -2.52. The van der Waals surface area contributed by atoms with Crippen molar-refractivity contribution in [3.63, 3.8) is 0 Å². The summed E-state index contributed by atoms with van der Waals surface area (Å²) in [6.07, 6.45) is 0. The molecule has 0 aliphatic rings. The van der Waals surface area contributed by atoms with Crippen LogP contribution in [-0.2, 0) is 5.75 Å². The minimum atomic E-state index is -0.590. The van der Waals surface area contributed by atoms with Gasteiger partial charge in [0.25, 0.3) is 11.7 Å². The lowest BCUT2D eigenvalue weighted by Gasteiger charge is -2.05. The molecule has 5 nitrogen and oxygen atoms in total. The summed E-state index contributed by atoms with van der Waals surface area (Å²) in [4.78, 5) is 14.3. The van der Waals surface area contributed by atoms with E-state index < -0.39 is 5.91 Å². The number of pyridine rings is 1. The van der Waals surface area contributed by atoms with Crippen LogP contribution in [0.2, 0.25) is 0 Å². The molecule has 0 atom stereocenters. The van der Waals surface area contributed by atoms with Crippen molar-refractivity contribution in [3.05, 3.63) is 53.1 Å². The molecule has 0 saturated heterocycles. The van der Waals surface area contributed by atoms with Gasteiger partial charge in [0.15, 0.2) is 5.03 Å². The maximum absolute atomic E-state index is 11.5. The van der Waals surface area contributed by atoms with Gasteiger partial charge in [-0.25, -0.2) is 4.98 Å². The summed E-state index contributed by atoms with van der Waals surface area (Å²) < 4.78 is 0. The number of nitrogens with two attached hydrogens (primary N) is 2. The van der Waals surface area contributed by atoms with Crippen molar-refractivity contribution in [1.82, 2.24) is 0 Å². The number of anilines is 1. The quantitative estimate of drug-likeness (QED) is 0.826. The van der Waals surface area contributed by atoms with Crippen molar-refractivity contribution in [3.8, 4) is 6.07 Å². The van der Waals surface area contributed by atoms with Crippen molar-refractivity contribution in [1.29, 1.82) is 5.26 Å². The number of rotatable bonds is 4. The van der Waals surface area contributed by atoms with Crippen LogP contribution in [0.15, 0.2) is 41.4 Å². The summed E-state index contributed by atoms with van der Waals surface area (Å²) in [7, 11) is 0. The SMILES string of the molecule is N#Cc1cc(C(N)=O)c(SCc2ccccc2)[nH+]c1N. The third-order valence-electron chi connectivity index (χ3n) is 2.68. The van der Waals surface area contributed by atoms with Crippen molar-refractivity contribution in [2.24, 2.45) is 5.73 Å². The molecule has 0 fully saturated rings. The molecule has 100 valence electrons. The molecule has 2 aromatic rings. The van der Waals surface area contributed by atoms with Crippen LogP contribution in [0.25, 0.3) is 0 Å². The topological polar surface area (TPSA) is 107 Å². The Morgan fingerprint density at radius 2 is 2.05 bits per heavy atom. The van der Waals surface area contributed by atoms with Gasteiger partial charge in [0, 0.05) is 5.75 Å². The predicted molar refractivity (Wildman–Crippen MR) is 76.6 cm³/mol. The van der Waals surface area contributed by atoms with Gasteiger partial charge in [-0.05, 0) is 11.6 Å². The van der Waals surface area contributed by atoms with E-state index in [4.69, 9.17) is 16.7 Å². The Balaban J connectivity index is 2.29. The fraction of sp³-hybridized carbons (Fsp3) is 0.0714. The van der Waals surface area contributed by atoms with Crippen LogP contribution in [0.5, 0.6) is 0 Å². The van der Waals surface area contributed by atoms with Crippen LogP contribution in [0.3, 0.4) is 0 Å². The van der Waals surface area contributed by atoms with Crippen molar-refractivity contribution in [2.45, 2.75) is 10.8 Å². The summed E-state index contributed by atoms with van der Waals surface area (Å²) in [5.74, 6) is 0.310. The maximum atomic E-state index is 11.5. The third kappa shape index (κ3) is 3.08. The minimum Gasteiger partial charge on any atom is -0.365 e. The van der Waals surface area contributed by atoms with Crippen molar-refractivity contribution >= 4 is 23.5 Å². The lowest BCUT2D eigenvalue weighted by atomic mass is 10.2. The number of carbonyl (C=O) groups is 1. The van der Waals surface area contributed by atoms with Crippen LogP contribution >= 0.6 is 11.8 Å². The van der Waals surface area contributed by atoms with Gasteiger partial charge < -0.3 is 5.73 Å². The molecular weight excluding hydrogens is 272 g/mol. The number of H-pyrrole nitrogens is 1. The zero-order valence-corrected chi connectivity index (χ0v) is 11.4. The van der Waals surface area contributed by atoms with Crippen LogP contribution in [0.1, 0.15) is 21.5 Å². The summed E-state index contributed by atoms with van der Waals surface area (Å²) in [6, 6.07) is 13.1. The summed E-state index contributed by atoms with van der Waals surface area (Å²) in [5, 5.41) is 9.48. The van der Waals surface area contributed by atoms with E-state index in [1.807, 2.05) is 36.4 Å². The lowest BCUT2D eigenvalue weighted by Crippen LogP contribution is -2.22. The molecule has 0 unspecified atom stereocenters. The summed E-state index contributed by atoms with van der Waals surface area (Å²) in [6.45, 7) is 0. The number of amides is 1. The molecular formula is C14H13N4OS+. The van der Waals surface area contributed by atoms with Crippen molar-refractivity contribution < 1.29 is 9.78 Å². The molecule has 20 heavy (non-hydrogen) atoms. The van der Waals surface area contributed by atoms with E-state index in [1.54, 1.807) is 0 Å². The van der Waals surface area contributed by atoms with Crippen LogP contribution in [0.4, 0.5) is 5.82 Å². The first-order valence-corrected chi connectivity index (χ1v) is 6.83. The van der Waals surface area contributed by atoms with E-state index in [1.165, 1.54) is 17.8 Å². The van der Waals surface area contributed by atoms with Crippen LogP contribution < -0.4 is 16.5 Å². The van der Waals surface area contributed by atoms with Gasteiger partial charge in [-0.2, -0.15) is 5.26 Å². The highest BCUT2D eigenvalue weighted by Gasteiger charge is 2.18. The molecule has 1 heterocycles. The fourth-order valence-corrected chi connectivity index (χ4v) is 2.66. The number of hydrogen-bond donors (Lipinski definition) is 2. The smallest absolute Gasteiger partial charge is 0.289 e. The molecule has 0 spiro atoms. The van der Waals surface area contributed by atoms with Gasteiger partial charge in [-0.1, -0.05) is 42.1 Å². The monoisotopic (exact) mass is 285 g/mol. The number of nitrogens with zero attached hydrogens (tertiary/aromatic N) is 1. The van der Waals surface area contributed by atoms with E-state index in [0.717, 1.165) is 5.56 Å². The van der Waals surface area contributed by atoms with Gasteiger partial charge in [0.1, 0.15) is 11.6 Å². The van der Waals surface area contributed by atoms with E-state index >= 15 is 0 Å². The molecule has 0 aliphatic heterocycles. The number of nitrogen functional groups attached to an aromatic ring is 1. The molecule has 0 aliphatic carbocycles. The summed E-state index contributed by atoms with van der Waals surface area (Å²) in [5.41, 5.74) is 12.7. The lowest BCUT2D eigenvalue weighted by molar-refractivity contribution is -0.410. The Morgan fingerprint density at radius 1 is 1.35 bits per heavy atom. The number of carbonyl (C=O) groups excluding carboxylic acids is 1. The average molecular weight is 285 g/mol. The number of nitrogens with one attached hydrogen (secondary N) is 1. The molecule has 1 amide bonds. The number of aromatic amines is 1. The highest BCUT2D eigenvalue weighted by atomic mass is 32.2. The first kappa shape index (κ1) is 13.9. The molecule has 1 aromatic heterocycles. The number of hydrogen-bond acceptors (Lipinski definition) is 4. The standard InChI is InChI=1S/C14H12N4OS/c15-7-10-6-11(13(17)19)14(18-12(10)16)20-8-9-4-2-1-3-5-9/h1-6H,8H2,(H2,16,18)(H2,17,19)/p+1. The third-order valence-corrected chi connectivity index (χ3v) is 3.77. The maximum Gasteiger partial charge on any atom is 0.289 e. The highest BCUT2D eigenvalue weighted by Crippen LogP contribution is 2.24. The van der Waals surface area contributed by atoms with E-state index in [2.05, 4.69) is 4.98 Å². The number of benzene rings is 1. The normalized spacial score (nSPS) is 9.95. The minimum absolute atomic E-state index is 0.211. The molecule has 5 N–H and O–H groups in total. The Kier molecular flexibility index (Phi) is 4.23. The second kappa shape index (κ2) is 6.08. The molecule has 6 heteroatoms. The number of nitriles is 1. The molecule has 0 saturated carbocycles. The second-order valence-corrected chi connectivity index (χ2v) is 5.08. The van der Waals surface area contributed by atoms with Gasteiger partial charge in [-0.3, -0.25) is 10.5 Å². The second-order valence-electron chi connectivity index (χ2n) is 4.09. The first-order chi connectivity index (χ1) is 9.61. The van der Waals surface area contributed by atoms with E-state index in [0.29, 0.717) is 10.8 Å². The zero-order valence-electron chi connectivity index (χ0n) is 10.6. The predicted octanol–water partition coefficient (Wildman–Crippen LogP) is 1.35. The number of primary amides is 1. The largest absolute Gasteiger partial charge is 0.365 e. The Bertz CT molecular complexity index is 680. The van der Waals surface area contributed by atoms with Gasteiger partial charge in [0.05, 0.1) is 5.56 Å². The molecule has 2 rings (SSSR count). The van der Waals surface area contributed by atoms with Gasteiger partial charge in [0.2, 0.25) is 0 Å². The van der Waals surface area contributed by atoms with Gasteiger partial charge >= 0.3 is 0 Å². The summed E-state index contributed by atoms with van der Waals surface area (Å²) >= 11 is 1.42. The fourth-order valence-electron chi connectivity index (χ4n) is 1.66.